The molecular weight excluding hydrogens is 329 g/mol. The van der Waals surface area contributed by atoms with Gasteiger partial charge in [-0.05, 0) is 0 Å². The summed E-state index contributed by atoms with van der Waals surface area (Å²) in [6, 6.07) is 0. The van der Waals surface area contributed by atoms with Gasteiger partial charge >= 0.3 is 65.7 Å². The van der Waals surface area contributed by atoms with E-state index >= 15 is 0 Å². The van der Waals surface area contributed by atoms with Crippen LogP contribution in [0.25, 0.3) is 0 Å². The summed E-state index contributed by atoms with van der Waals surface area (Å²) in [7, 11) is -11.2. The molecule has 13 heteroatoms. The Kier molecular flexibility index (Phi) is 28.4. The van der Waals surface area contributed by atoms with Crippen LogP contribution in [0.4, 0.5) is 0 Å². The summed E-state index contributed by atoms with van der Waals surface area (Å²) in [4.78, 5) is 68.6. The van der Waals surface area contributed by atoms with Crippen molar-refractivity contribution < 1.29 is 94.1 Å². The zero-order valence-electron chi connectivity index (χ0n) is 6.21. The Labute approximate surface area is 121 Å². The predicted molar refractivity (Wildman–Crippen MR) is 18.4 cm³/mol. The molecule has 0 saturated carbocycles. The second-order valence-corrected chi connectivity index (χ2v) is 3.00. The van der Waals surface area contributed by atoms with Crippen LogP contribution in [0, 0.1) is 0 Å². The first-order valence-electron chi connectivity index (χ1n) is 1.63. The maximum Gasteiger partial charge on any atom is 4.00 e. The normalized spacial score (nSPS) is 9.23. The van der Waals surface area contributed by atoms with Crippen LogP contribution in [0.1, 0.15) is 0 Å². The molecule has 0 amide bonds. The molecule has 0 rings (SSSR count). The fraction of sp³-hybridized carbons (Fsp3) is 0. The fourth-order valence-electron chi connectivity index (χ4n) is 0. The molecule has 13 heavy (non-hydrogen) atoms. The van der Waals surface area contributed by atoms with Crippen molar-refractivity contribution in [3.63, 3.8) is 0 Å². The first kappa shape index (κ1) is 29.5. The molecule has 0 spiro atoms. The van der Waals surface area contributed by atoms with Gasteiger partial charge in [0, 0.05) is 0 Å². The van der Waals surface area contributed by atoms with Crippen molar-refractivity contribution in [3.8, 4) is 0 Å². The molecule has 0 aliphatic carbocycles. The fourth-order valence-corrected chi connectivity index (χ4v) is 0. The van der Waals surface area contributed by atoms with Crippen molar-refractivity contribution in [3.05, 3.63) is 0 Å². The van der Waals surface area contributed by atoms with E-state index in [4.69, 9.17) is 38.4 Å². The van der Waals surface area contributed by atoms with E-state index < -0.39 is 18.1 Å². The number of hydrogen-bond donors (Lipinski definition) is 0. The molecule has 8 nitrogen and oxygen atoms in total. The van der Waals surface area contributed by atoms with Crippen LogP contribution in [0.3, 0.4) is 0 Å². The summed E-state index contributed by atoms with van der Waals surface area (Å²) in [5.74, 6) is 0. The van der Waals surface area contributed by atoms with Gasteiger partial charge in [-0.1, -0.05) is 0 Å². The smallest absolute Gasteiger partial charge is 0.894 e. The Morgan fingerprint density at radius 3 is 0.538 bits per heavy atom. The molecule has 0 aliphatic heterocycles. The van der Waals surface area contributed by atoms with Gasteiger partial charge in [0.25, 0.3) is 0 Å². The number of rotatable bonds is 0. The van der Waals surface area contributed by atoms with Crippen LogP contribution in [0.5, 0.6) is 0 Å². The standard InChI is InChI=1S/Na.2O4Si.P.Zr/c;2*1-5(2,3)4;;/q+1;2*-4;+3;+4. The van der Waals surface area contributed by atoms with Gasteiger partial charge in [0.05, 0.1) is 0 Å². The minimum Gasteiger partial charge on any atom is -0.894 e. The monoisotopic (exact) mass is 328 g/mol. The van der Waals surface area contributed by atoms with E-state index in [0.29, 0.717) is 0 Å². The van der Waals surface area contributed by atoms with Crippen molar-refractivity contribution in [2.45, 2.75) is 0 Å². The molecule has 0 fully saturated rings. The Morgan fingerprint density at radius 2 is 0.538 bits per heavy atom. The Balaban J connectivity index is -0.0000000267. The van der Waals surface area contributed by atoms with E-state index in [-0.39, 0.29) is 65.7 Å². The van der Waals surface area contributed by atoms with E-state index in [0.717, 1.165) is 0 Å². The summed E-state index contributed by atoms with van der Waals surface area (Å²) >= 11 is 0. The molecule has 0 N–H and O–H groups in total. The van der Waals surface area contributed by atoms with E-state index in [1.165, 1.54) is 0 Å². The summed E-state index contributed by atoms with van der Waals surface area (Å²) in [6.07, 6.45) is 0. The van der Waals surface area contributed by atoms with Gasteiger partial charge < -0.3 is 56.5 Å². The first-order chi connectivity index (χ1) is 4.00. The third-order valence-electron chi connectivity index (χ3n) is 0. The molecule has 0 saturated heterocycles. The van der Waals surface area contributed by atoms with Crippen LogP contribution < -0.4 is 67.9 Å². The van der Waals surface area contributed by atoms with Gasteiger partial charge in [-0.3, -0.25) is 0 Å². The van der Waals surface area contributed by atoms with Crippen molar-refractivity contribution in [2.75, 3.05) is 0 Å². The van der Waals surface area contributed by atoms with Crippen molar-refractivity contribution in [1.29, 1.82) is 0 Å². The Morgan fingerprint density at radius 1 is 0.538 bits per heavy atom. The third kappa shape index (κ3) is 378. The van der Waals surface area contributed by atoms with Crippen LogP contribution >= 0.6 is 9.90 Å². The van der Waals surface area contributed by atoms with E-state index in [1.54, 1.807) is 0 Å². The molecule has 66 valence electrons. The maximum absolute atomic E-state index is 8.58. The Hall–Kier alpha value is 2.43. The van der Waals surface area contributed by atoms with Crippen molar-refractivity contribution in [1.82, 2.24) is 0 Å². The first-order valence-corrected chi connectivity index (χ1v) is 4.90. The van der Waals surface area contributed by atoms with E-state index in [9.17, 15) is 0 Å². The van der Waals surface area contributed by atoms with Crippen molar-refractivity contribution >= 4 is 28.0 Å². The SMILES string of the molecule is [Na+].[O-][Si]([O-])([O-])[O-].[O-][Si]([O-])([O-])[O-].[P+3].[Zr+4]. The topological polar surface area (TPSA) is 184 Å². The molecule has 0 atom stereocenters. The summed E-state index contributed by atoms with van der Waals surface area (Å²) < 4.78 is 0. The minimum atomic E-state index is -5.61. The van der Waals surface area contributed by atoms with Crippen LogP contribution in [-0.4, -0.2) is 18.1 Å². The van der Waals surface area contributed by atoms with Gasteiger partial charge in [-0.15, -0.1) is 0 Å². The van der Waals surface area contributed by atoms with Gasteiger partial charge in [0.2, 0.25) is 0 Å². The van der Waals surface area contributed by atoms with Crippen molar-refractivity contribution in [2.24, 2.45) is 0 Å². The Bertz CT molecular complexity index is 65.1. The molecule has 0 aromatic rings. The summed E-state index contributed by atoms with van der Waals surface area (Å²) in [5, 5.41) is 0. The second-order valence-electron chi connectivity index (χ2n) is 1.00. The minimum absolute atomic E-state index is 0. The average Bonchev–Trinajstić information content (AvgIpc) is 1.12. The molecule has 0 aromatic carbocycles. The maximum atomic E-state index is 8.58. The van der Waals surface area contributed by atoms with Gasteiger partial charge in [-0.25, -0.2) is 0 Å². The quantitative estimate of drug-likeness (QED) is 0.309. The largest absolute Gasteiger partial charge is 4.00 e. The van der Waals surface area contributed by atoms with E-state index in [2.05, 4.69) is 0 Å². The molecular formula is NaO8PSi2Zr. The zero-order chi connectivity index (χ0) is 9.00. The van der Waals surface area contributed by atoms with Crippen LogP contribution in [0.15, 0.2) is 0 Å². The van der Waals surface area contributed by atoms with Gasteiger partial charge in [0.1, 0.15) is 0 Å². The van der Waals surface area contributed by atoms with Crippen LogP contribution in [0.2, 0.25) is 0 Å². The average molecular weight is 329 g/mol. The molecule has 0 heterocycles. The molecule has 2 radical (unpaired) electrons. The number of hydrogen-bond acceptors (Lipinski definition) is 8. The summed E-state index contributed by atoms with van der Waals surface area (Å²) in [5.41, 5.74) is 0. The van der Waals surface area contributed by atoms with E-state index in [1.807, 2.05) is 0 Å². The van der Waals surface area contributed by atoms with Crippen LogP contribution in [-0.2, 0) is 26.2 Å². The third-order valence-corrected chi connectivity index (χ3v) is 0. The molecule has 0 unspecified atom stereocenters. The molecule has 0 aromatic heterocycles. The summed E-state index contributed by atoms with van der Waals surface area (Å²) in [6.45, 7) is 0. The van der Waals surface area contributed by atoms with Gasteiger partial charge in [-0.2, -0.15) is 0 Å². The molecule has 0 bridgehead atoms. The molecule has 0 aliphatic rings. The predicted octanol–water partition coefficient (Wildman–Crippen LogP) is -12.4. The van der Waals surface area contributed by atoms with Gasteiger partial charge in [0.15, 0.2) is 0 Å². The zero-order valence-corrected chi connectivity index (χ0v) is 13.6. The second kappa shape index (κ2) is 12.5.